The Labute approximate surface area is 125 Å². The Morgan fingerprint density at radius 3 is 2.38 bits per heavy atom. The van der Waals surface area contributed by atoms with Crippen molar-refractivity contribution in [3.05, 3.63) is 24.3 Å². The van der Waals surface area contributed by atoms with Gasteiger partial charge < -0.3 is 5.32 Å². The fraction of sp³-hybridized carbons (Fsp3) is 0.533. The summed E-state index contributed by atoms with van der Waals surface area (Å²) in [6, 6.07) is 6.36. The van der Waals surface area contributed by atoms with E-state index in [1.807, 2.05) is 0 Å². The Hall–Kier alpha value is -1.40. The van der Waals surface area contributed by atoms with E-state index in [1.54, 1.807) is 12.1 Å². The van der Waals surface area contributed by atoms with Gasteiger partial charge in [0.15, 0.2) is 0 Å². The van der Waals surface area contributed by atoms with Gasteiger partial charge in [-0.25, -0.2) is 13.1 Å². The molecule has 0 aromatic heterocycles. The zero-order valence-corrected chi connectivity index (χ0v) is 12.8. The van der Waals surface area contributed by atoms with Gasteiger partial charge in [0.2, 0.25) is 15.9 Å². The van der Waals surface area contributed by atoms with Gasteiger partial charge in [-0.05, 0) is 55.4 Å². The molecule has 0 saturated heterocycles. The first-order chi connectivity index (χ1) is 9.94. The molecule has 114 valence electrons. The van der Waals surface area contributed by atoms with E-state index in [2.05, 4.69) is 10.0 Å². The predicted octanol–water partition coefficient (Wildman–Crippen LogP) is 2.11. The maximum absolute atomic E-state index is 12.4. The van der Waals surface area contributed by atoms with Crippen LogP contribution in [-0.4, -0.2) is 20.4 Å². The number of rotatable bonds is 4. The molecular weight excluding hydrogens is 288 g/mol. The summed E-state index contributed by atoms with van der Waals surface area (Å²) >= 11 is 0. The minimum Gasteiger partial charge on any atom is -0.326 e. The van der Waals surface area contributed by atoms with Crippen molar-refractivity contribution >= 4 is 21.6 Å². The third kappa shape index (κ3) is 3.11. The molecule has 2 aliphatic carbocycles. The summed E-state index contributed by atoms with van der Waals surface area (Å²) in [5.74, 6) is 1.03. The molecule has 0 radical (unpaired) electrons. The second-order valence-electron chi connectivity index (χ2n) is 6.11. The number of nitrogens with one attached hydrogen (secondary N) is 2. The van der Waals surface area contributed by atoms with Gasteiger partial charge in [0.1, 0.15) is 0 Å². The Balaban J connectivity index is 1.71. The maximum Gasteiger partial charge on any atom is 0.240 e. The molecule has 1 aromatic rings. The van der Waals surface area contributed by atoms with E-state index in [4.69, 9.17) is 0 Å². The second-order valence-corrected chi connectivity index (χ2v) is 7.82. The van der Waals surface area contributed by atoms with Crippen molar-refractivity contribution in [2.24, 2.45) is 11.8 Å². The van der Waals surface area contributed by atoms with E-state index in [0.717, 1.165) is 19.3 Å². The van der Waals surface area contributed by atoms with Crippen LogP contribution in [0.25, 0.3) is 0 Å². The van der Waals surface area contributed by atoms with Crippen molar-refractivity contribution in [1.82, 2.24) is 4.72 Å². The lowest BCUT2D eigenvalue weighted by Gasteiger charge is -2.22. The molecule has 0 aliphatic heterocycles. The van der Waals surface area contributed by atoms with Crippen molar-refractivity contribution in [1.29, 1.82) is 0 Å². The highest BCUT2D eigenvalue weighted by Gasteiger charge is 2.41. The molecule has 2 fully saturated rings. The molecule has 3 rings (SSSR count). The molecule has 2 aliphatic rings. The highest BCUT2D eigenvalue weighted by molar-refractivity contribution is 7.89. The molecule has 3 atom stereocenters. The lowest BCUT2D eigenvalue weighted by Crippen LogP contribution is -2.38. The number of sulfonamides is 1. The van der Waals surface area contributed by atoms with Gasteiger partial charge in [-0.2, -0.15) is 0 Å². The number of amides is 1. The van der Waals surface area contributed by atoms with Crippen LogP contribution in [0.15, 0.2) is 29.2 Å². The van der Waals surface area contributed by atoms with Crippen LogP contribution < -0.4 is 10.0 Å². The number of carbonyl (C=O) groups is 1. The summed E-state index contributed by atoms with van der Waals surface area (Å²) < 4.78 is 27.6. The van der Waals surface area contributed by atoms with E-state index >= 15 is 0 Å². The zero-order chi connectivity index (χ0) is 15.0. The van der Waals surface area contributed by atoms with Crippen molar-refractivity contribution in [2.45, 2.75) is 43.5 Å². The molecule has 0 heterocycles. The molecule has 6 heteroatoms. The highest BCUT2D eigenvalue weighted by Crippen LogP contribution is 2.44. The largest absolute Gasteiger partial charge is 0.326 e. The summed E-state index contributed by atoms with van der Waals surface area (Å²) in [6.07, 6.45) is 4.51. The summed E-state index contributed by atoms with van der Waals surface area (Å²) in [6.45, 7) is 1.42. The fourth-order valence-corrected chi connectivity index (χ4v) is 4.89. The Morgan fingerprint density at radius 1 is 1.14 bits per heavy atom. The van der Waals surface area contributed by atoms with Crippen LogP contribution in [-0.2, 0) is 14.8 Å². The molecule has 5 nitrogen and oxygen atoms in total. The molecule has 21 heavy (non-hydrogen) atoms. The van der Waals surface area contributed by atoms with Crippen LogP contribution >= 0.6 is 0 Å². The van der Waals surface area contributed by atoms with Crippen molar-refractivity contribution in [2.75, 3.05) is 5.32 Å². The van der Waals surface area contributed by atoms with Gasteiger partial charge in [0.05, 0.1) is 4.90 Å². The standard InChI is InChI=1S/C15H20N2O3S/c1-10(18)16-13-4-6-14(7-5-13)21(19,20)17-15-9-11-2-3-12(15)8-11/h4-7,11-12,15,17H,2-3,8-9H2,1H3,(H,16,18)/t11-,12+,15+/m0/s1. The van der Waals surface area contributed by atoms with Crippen LogP contribution in [0.4, 0.5) is 5.69 Å². The highest BCUT2D eigenvalue weighted by atomic mass is 32.2. The molecular formula is C15H20N2O3S. The van der Waals surface area contributed by atoms with Crippen LogP contribution in [0.5, 0.6) is 0 Å². The quantitative estimate of drug-likeness (QED) is 0.894. The van der Waals surface area contributed by atoms with Gasteiger partial charge in [-0.15, -0.1) is 0 Å². The summed E-state index contributed by atoms with van der Waals surface area (Å²) in [4.78, 5) is 11.2. The summed E-state index contributed by atoms with van der Waals surface area (Å²) in [5.41, 5.74) is 0.598. The first-order valence-corrected chi connectivity index (χ1v) is 8.82. The lowest BCUT2D eigenvalue weighted by atomic mass is 9.96. The van der Waals surface area contributed by atoms with Crippen LogP contribution in [0.3, 0.4) is 0 Å². The smallest absolute Gasteiger partial charge is 0.240 e. The predicted molar refractivity (Wildman–Crippen MR) is 80.3 cm³/mol. The third-order valence-electron chi connectivity index (χ3n) is 4.53. The minimum atomic E-state index is -3.47. The molecule has 2 N–H and O–H groups in total. The number of fused-ring (bicyclic) bond motifs is 2. The monoisotopic (exact) mass is 308 g/mol. The Morgan fingerprint density at radius 2 is 1.86 bits per heavy atom. The topological polar surface area (TPSA) is 75.3 Å². The van der Waals surface area contributed by atoms with Crippen molar-refractivity contribution < 1.29 is 13.2 Å². The maximum atomic E-state index is 12.4. The van der Waals surface area contributed by atoms with E-state index in [0.29, 0.717) is 17.5 Å². The molecule has 2 saturated carbocycles. The van der Waals surface area contributed by atoms with Gasteiger partial charge in [0, 0.05) is 18.7 Å². The van der Waals surface area contributed by atoms with Crippen LogP contribution in [0.2, 0.25) is 0 Å². The van der Waals surface area contributed by atoms with Gasteiger partial charge in [0.25, 0.3) is 0 Å². The molecule has 1 aromatic carbocycles. The van der Waals surface area contributed by atoms with E-state index in [9.17, 15) is 13.2 Å². The van der Waals surface area contributed by atoms with Crippen LogP contribution in [0, 0.1) is 11.8 Å². The molecule has 0 spiro atoms. The van der Waals surface area contributed by atoms with Gasteiger partial charge in [-0.1, -0.05) is 6.42 Å². The van der Waals surface area contributed by atoms with Gasteiger partial charge in [-0.3, -0.25) is 4.79 Å². The van der Waals surface area contributed by atoms with Gasteiger partial charge >= 0.3 is 0 Å². The average molecular weight is 308 g/mol. The molecule has 0 unspecified atom stereocenters. The number of carbonyl (C=O) groups excluding carboxylic acids is 1. The van der Waals surface area contributed by atoms with E-state index in [-0.39, 0.29) is 16.8 Å². The number of anilines is 1. The number of hydrogen-bond donors (Lipinski definition) is 2. The molecule has 1 amide bonds. The first kappa shape index (κ1) is 14.5. The SMILES string of the molecule is CC(=O)Nc1ccc(S(=O)(=O)N[C@@H]2C[C@H]3CC[C@@H]2C3)cc1. The average Bonchev–Trinajstić information content (AvgIpc) is 3.00. The van der Waals surface area contributed by atoms with Crippen molar-refractivity contribution in [3.8, 4) is 0 Å². The van der Waals surface area contributed by atoms with Crippen LogP contribution in [0.1, 0.15) is 32.6 Å². The Kier molecular flexibility index (Phi) is 3.75. The number of hydrogen-bond acceptors (Lipinski definition) is 3. The summed E-state index contributed by atoms with van der Waals surface area (Å²) in [5, 5.41) is 2.62. The summed E-state index contributed by atoms with van der Waals surface area (Å²) in [7, 11) is -3.47. The van der Waals surface area contributed by atoms with E-state index < -0.39 is 10.0 Å². The normalized spacial score (nSPS) is 27.8. The lowest BCUT2D eigenvalue weighted by molar-refractivity contribution is -0.114. The second kappa shape index (κ2) is 5.42. The van der Waals surface area contributed by atoms with E-state index in [1.165, 1.54) is 25.5 Å². The Bertz CT molecular complexity index is 639. The zero-order valence-electron chi connectivity index (χ0n) is 12.0. The minimum absolute atomic E-state index is 0.0868. The number of benzene rings is 1. The fourth-order valence-electron chi connectivity index (χ4n) is 3.58. The molecule has 2 bridgehead atoms. The first-order valence-electron chi connectivity index (χ1n) is 7.34. The van der Waals surface area contributed by atoms with Crippen molar-refractivity contribution in [3.63, 3.8) is 0 Å². The third-order valence-corrected chi connectivity index (χ3v) is 6.04.